The van der Waals surface area contributed by atoms with Crippen LogP contribution >= 0.6 is 15.1 Å². The van der Waals surface area contributed by atoms with Gasteiger partial charge in [0.1, 0.15) is 5.60 Å². The van der Waals surface area contributed by atoms with Gasteiger partial charge in [-0.1, -0.05) is 73.5 Å². The maximum Gasteiger partial charge on any atom is 0.143 e. The molecule has 0 atom stereocenters. The maximum atomic E-state index is 12.4. The molecule has 2 aliphatic carbocycles. The van der Waals surface area contributed by atoms with Crippen molar-refractivity contribution in [1.82, 2.24) is 0 Å². The molecular weight excluding hydrogens is 540 g/mol. The molecule has 1 N–H and O–H groups in total. The Morgan fingerprint density at radius 1 is 0.632 bits per heavy atom. The average molecular weight is 577 g/mol. The zero-order valence-electron chi connectivity index (χ0n) is 21.3. The van der Waals surface area contributed by atoms with Crippen LogP contribution in [0.25, 0.3) is 0 Å². The summed E-state index contributed by atoms with van der Waals surface area (Å²) in [4.78, 5) is 0. The summed E-state index contributed by atoms with van der Waals surface area (Å²) >= 11 is 0. The van der Waals surface area contributed by atoms with Crippen LogP contribution in [0.15, 0.2) is 83.9 Å². The molecule has 0 amide bonds. The molecule has 210 valence electrons. The summed E-state index contributed by atoms with van der Waals surface area (Å²) in [6.45, 7) is 0. The van der Waals surface area contributed by atoms with E-state index in [1.54, 1.807) is 0 Å². The third kappa shape index (κ3) is 7.49. The Labute approximate surface area is 221 Å². The molecule has 38 heavy (non-hydrogen) atoms. The minimum atomic E-state index is -10.7. The van der Waals surface area contributed by atoms with Gasteiger partial charge in [0.25, 0.3) is 0 Å². The van der Waals surface area contributed by atoms with Gasteiger partial charge in [-0.25, -0.2) is 0 Å². The van der Waals surface area contributed by atoms with E-state index in [1.807, 2.05) is 36.4 Å². The Morgan fingerprint density at radius 3 is 1.37 bits per heavy atom. The van der Waals surface area contributed by atoms with Crippen molar-refractivity contribution in [2.75, 3.05) is 0 Å². The minimum absolute atomic E-state index is 0.828. The van der Waals surface area contributed by atoms with Gasteiger partial charge in [0.15, 0.2) is 0 Å². The largest absolute Gasteiger partial charge is 0.376 e. The number of rotatable bonds is 5. The number of hydrogen-bond acceptors (Lipinski definition) is 1. The third-order valence-corrected chi connectivity index (χ3v) is 13.0. The van der Waals surface area contributed by atoms with E-state index >= 15 is 0 Å². The summed E-state index contributed by atoms with van der Waals surface area (Å²) in [6, 6.07) is 20.6. The molecule has 1 nitrogen and oxygen atoms in total. The van der Waals surface area contributed by atoms with Crippen LogP contribution in [0.3, 0.4) is 0 Å². The SMILES string of the molecule is F[P-](F)(F)(F)(F)F.OC(C1=C[P+](C2CCCCC2)(C2CCCCC2)C=C1)(c1ccccc1)c1ccccc1. The van der Waals surface area contributed by atoms with Gasteiger partial charge in [0.05, 0.1) is 30.2 Å². The summed E-state index contributed by atoms with van der Waals surface area (Å²) in [6.07, 6.45) is 16.2. The Bertz CT molecular complexity index is 1070. The van der Waals surface area contributed by atoms with E-state index < -0.39 is 20.7 Å². The van der Waals surface area contributed by atoms with Crippen LogP contribution in [0.4, 0.5) is 25.2 Å². The van der Waals surface area contributed by atoms with Gasteiger partial charge in [-0.2, -0.15) is 0 Å². The predicted molar refractivity (Wildman–Crippen MR) is 147 cm³/mol. The fourth-order valence-electron chi connectivity index (χ4n) is 6.42. The summed E-state index contributed by atoms with van der Waals surface area (Å²) < 4.78 is 59.2. The average Bonchev–Trinajstić information content (AvgIpc) is 3.36. The van der Waals surface area contributed by atoms with Crippen molar-refractivity contribution < 1.29 is 30.3 Å². The standard InChI is InChI=1S/C29H36OP.F6P/c30-29(24-13-5-1-6-14-24,25-15-7-2-8-16-25)26-21-22-31(23-26,27-17-9-3-10-18-27)28-19-11-4-12-20-28;1-7(2,3,4,5)6/h1-2,5-8,13-16,21-23,27-28,30H,3-4,9-12,17-20H2;/q+1;-1. The number of hydrogen-bond donors (Lipinski definition) is 1. The summed E-state index contributed by atoms with van der Waals surface area (Å²) in [7, 11) is -12.1. The van der Waals surface area contributed by atoms with Crippen molar-refractivity contribution in [1.29, 1.82) is 0 Å². The van der Waals surface area contributed by atoms with Crippen LogP contribution in [-0.4, -0.2) is 16.4 Å². The molecule has 9 heteroatoms. The Hall–Kier alpha value is -1.68. The van der Waals surface area contributed by atoms with Crippen LogP contribution in [0, 0.1) is 0 Å². The molecule has 2 saturated carbocycles. The number of halogens is 6. The second kappa shape index (κ2) is 10.4. The van der Waals surface area contributed by atoms with E-state index in [0.29, 0.717) is 0 Å². The van der Waals surface area contributed by atoms with E-state index in [4.69, 9.17) is 0 Å². The normalized spacial score (nSPS) is 22.6. The van der Waals surface area contributed by atoms with Gasteiger partial charge in [0, 0.05) is 5.57 Å². The van der Waals surface area contributed by atoms with E-state index in [0.717, 1.165) is 28.0 Å². The van der Waals surface area contributed by atoms with Crippen molar-refractivity contribution in [2.24, 2.45) is 0 Å². The summed E-state index contributed by atoms with van der Waals surface area (Å²) in [5, 5.41) is 12.4. The molecule has 2 aromatic carbocycles. The third-order valence-electron chi connectivity index (χ3n) is 8.09. The topological polar surface area (TPSA) is 20.2 Å². The zero-order valence-corrected chi connectivity index (χ0v) is 23.1. The molecule has 0 bridgehead atoms. The first kappa shape index (κ1) is 29.3. The summed E-state index contributed by atoms with van der Waals surface area (Å²) in [5.74, 6) is 5.27. The maximum absolute atomic E-state index is 12.4. The Morgan fingerprint density at radius 2 is 1.00 bits per heavy atom. The molecule has 0 unspecified atom stereocenters. The molecule has 0 radical (unpaired) electrons. The molecule has 3 aliphatic rings. The minimum Gasteiger partial charge on any atom is -0.376 e. The van der Waals surface area contributed by atoms with E-state index in [1.165, 1.54) is 64.2 Å². The van der Waals surface area contributed by atoms with Crippen LogP contribution < -0.4 is 0 Å². The van der Waals surface area contributed by atoms with Crippen LogP contribution in [0.2, 0.25) is 0 Å². The zero-order chi connectivity index (χ0) is 27.6. The Kier molecular flexibility index (Phi) is 8.00. The van der Waals surface area contributed by atoms with Gasteiger partial charge >= 0.3 is 33.0 Å². The van der Waals surface area contributed by atoms with Gasteiger partial charge in [-0.05, 0) is 68.6 Å². The fraction of sp³-hybridized carbons (Fsp3) is 0.448. The van der Waals surface area contributed by atoms with E-state index in [-0.39, 0.29) is 0 Å². The second-order valence-corrected chi connectivity index (χ2v) is 16.5. The van der Waals surface area contributed by atoms with Crippen LogP contribution in [-0.2, 0) is 5.60 Å². The van der Waals surface area contributed by atoms with Gasteiger partial charge in [0.2, 0.25) is 0 Å². The van der Waals surface area contributed by atoms with Gasteiger partial charge in [-0.15, -0.1) is 0 Å². The van der Waals surface area contributed by atoms with Crippen LogP contribution in [0.1, 0.15) is 75.3 Å². The fourth-order valence-corrected chi connectivity index (χ4v) is 11.7. The van der Waals surface area contributed by atoms with Gasteiger partial charge < -0.3 is 5.11 Å². The summed E-state index contributed by atoms with van der Waals surface area (Å²) in [5.41, 5.74) is 3.65. The first-order valence-electron chi connectivity index (χ1n) is 13.4. The predicted octanol–water partition coefficient (Wildman–Crippen LogP) is 11.4. The van der Waals surface area contributed by atoms with E-state index in [9.17, 15) is 30.3 Å². The molecule has 1 heterocycles. The number of benzene rings is 2. The van der Waals surface area contributed by atoms with Crippen molar-refractivity contribution in [2.45, 2.75) is 81.1 Å². The van der Waals surface area contributed by atoms with Crippen LogP contribution in [0.5, 0.6) is 0 Å². The molecular formula is C29H36F6OP2. The molecule has 1 aliphatic heterocycles. The first-order valence-corrected chi connectivity index (χ1v) is 17.5. The van der Waals surface area contributed by atoms with Crippen molar-refractivity contribution >= 4 is 15.1 Å². The molecule has 0 saturated heterocycles. The monoisotopic (exact) mass is 576 g/mol. The van der Waals surface area contributed by atoms with E-state index in [2.05, 4.69) is 42.0 Å². The van der Waals surface area contributed by atoms with Gasteiger partial charge in [-0.3, -0.25) is 0 Å². The molecule has 0 aromatic heterocycles. The molecule has 2 aromatic rings. The first-order chi connectivity index (χ1) is 17.7. The molecule has 2 fully saturated rings. The number of aliphatic hydroxyl groups is 1. The Balaban J connectivity index is 0.000000426. The quantitative estimate of drug-likeness (QED) is 0.277. The molecule has 5 rings (SSSR count). The van der Waals surface area contributed by atoms with Crippen molar-refractivity contribution in [3.63, 3.8) is 0 Å². The van der Waals surface area contributed by atoms with Crippen molar-refractivity contribution in [3.8, 4) is 0 Å². The molecule has 0 spiro atoms. The second-order valence-electron chi connectivity index (χ2n) is 10.8. The van der Waals surface area contributed by atoms with Crippen molar-refractivity contribution in [3.05, 3.63) is 95.1 Å². The smallest absolute Gasteiger partial charge is 0.143 e.